The monoisotopic (exact) mass is 172 g/mol. The van der Waals surface area contributed by atoms with Crippen molar-refractivity contribution in [3.8, 4) is 0 Å². The second-order valence-corrected chi connectivity index (χ2v) is 3.73. The van der Waals surface area contributed by atoms with Gasteiger partial charge in [-0.1, -0.05) is 48.9 Å². The number of hydrogen-bond acceptors (Lipinski definition) is 0. The Morgan fingerprint density at radius 3 is 2.69 bits per heavy atom. The highest BCUT2D eigenvalue weighted by atomic mass is 14.1. The van der Waals surface area contributed by atoms with Crippen LogP contribution in [0.25, 0.3) is 0 Å². The maximum absolute atomic E-state index is 2.38. The van der Waals surface area contributed by atoms with Crippen LogP contribution in [0.2, 0.25) is 0 Å². The molecule has 0 fully saturated rings. The normalized spacial score (nSPS) is 22.6. The van der Waals surface area contributed by atoms with Crippen molar-refractivity contribution in [3.63, 3.8) is 0 Å². The predicted octanol–water partition coefficient (Wildman–Crippen LogP) is 3.90. The molecule has 68 valence electrons. The van der Waals surface area contributed by atoms with Gasteiger partial charge in [0.2, 0.25) is 0 Å². The third-order valence-electron chi connectivity index (χ3n) is 2.73. The first-order valence-electron chi connectivity index (χ1n) is 5.18. The van der Waals surface area contributed by atoms with Crippen LogP contribution in [0.5, 0.6) is 0 Å². The zero-order valence-electron chi connectivity index (χ0n) is 7.95. The molecule has 2 rings (SSSR count). The zero-order valence-corrected chi connectivity index (χ0v) is 7.95. The Kier molecular flexibility index (Phi) is 2.81. The van der Waals surface area contributed by atoms with E-state index in [9.17, 15) is 0 Å². The molecule has 13 heavy (non-hydrogen) atoms. The maximum atomic E-state index is 2.38. The minimum Gasteiger partial charge on any atom is -0.0879 e. The summed E-state index contributed by atoms with van der Waals surface area (Å²) in [6, 6.07) is 10.8. The van der Waals surface area contributed by atoms with Crippen LogP contribution >= 0.6 is 0 Å². The summed E-state index contributed by atoms with van der Waals surface area (Å²) in [5.41, 5.74) is 1.47. The molecule has 0 amide bonds. The fourth-order valence-corrected chi connectivity index (χ4v) is 1.96. The molecule has 1 aliphatic carbocycles. The minimum atomic E-state index is 0.670. The van der Waals surface area contributed by atoms with Gasteiger partial charge in [0.05, 0.1) is 0 Å². The SMILES string of the molecule is C1=C[C@@H](c2ccccc2)CCCC1. The topological polar surface area (TPSA) is 0 Å². The van der Waals surface area contributed by atoms with Crippen molar-refractivity contribution in [2.45, 2.75) is 31.6 Å². The largest absolute Gasteiger partial charge is 0.0879 e. The van der Waals surface area contributed by atoms with Crippen LogP contribution in [0.4, 0.5) is 0 Å². The van der Waals surface area contributed by atoms with E-state index in [0.29, 0.717) is 5.92 Å². The first-order valence-corrected chi connectivity index (χ1v) is 5.18. The van der Waals surface area contributed by atoms with Crippen LogP contribution in [-0.2, 0) is 0 Å². The van der Waals surface area contributed by atoms with Gasteiger partial charge in [-0.15, -0.1) is 0 Å². The molecule has 0 unspecified atom stereocenters. The Balaban J connectivity index is 2.15. The van der Waals surface area contributed by atoms with E-state index < -0.39 is 0 Å². The van der Waals surface area contributed by atoms with E-state index in [1.54, 1.807) is 0 Å². The van der Waals surface area contributed by atoms with Crippen molar-refractivity contribution >= 4 is 0 Å². The van der Waals surface area contributed by atoms with Gasteiger partial charge in [0, 0.05) is 5.92 Å². The van der Waals surface area contributed by atoms with Gasteiger partial charge in [-0.05, 0) is 24.8 Å². The molecule has 0 spiro atoms. The average molecular weight is 172 g/mol. The minimum absolute atomic E-state index is 0.670. The van der Waals surface area contributed by atoms with Crippen LogP contribution in [0.15, 0.2) is 42.5 Å². The van der Waals surface area contributed by atoms with Crippen LogP contribution < -0.4 is 0 Å². The fraction of sp³-hybridized carbons (Fsp3) is 0.385. The van der Waals surface area contributed by atoms with Crippen LogP contribution in [0, 0.1) is 0 Å². The molecular weight excluding hydrogens is 156 g/mol. The zero-order chi connectivity index (χ0) is 8.93. The molecule has 0 bridgehead atoms. The molecular formula is C13H16. The highest BCUT2D eigenvalue weighted by Gasteiger charge is 2.08. The Morgan fingerprint density at radius 2 is 1.85 bits per heavy atom. The summed E-state index contributed by atoms with van der Waals surface area (Å²) in [4.78, 5) is 0. The third-order valence-corrected chi connectivity index (χ3v) is 2.73. The molecule has 1 aromatic carbocycles. The van der Waals surface area contributed by atoms with E-state index >= 15 is 0 Å². The second kappa shape index (κ2) is 4.27. The summed E-state index contributed by atoms with van der Waals surface area (Å²) < 4.78 is 0. The standard InChI is InChI=1S/C13H16/c1-2-5-9-12(8-4-1)13-10-6-3-7-11-13/h3-4,6-8,10-12H,1-2,5,9H2/t12-/m1/s1. The van der Waals surface area contributed by atoms with Crippen molar-refractivity contribution in [1.29, 1.82) is 0 Å². The van der Waals surface area contributed by atoms with E-state index in [4.69, 9.17) is 0 Å². The Hall–Kier alpha value is -1.04. The Labute approximate surface area is 80.3 Å². The molecule has 1 aromatic rings. The highest BCUT2D eigenvalue weighted by molar-refractivity contribution is 5.24. The number of hydrogen-bond donors (Lipinski definition) is 0. The summed E-state index contributed by atoms with van der Waals surface area (Å²) >= 11 is 0. The first-order chi connectivity index (χ1) is 6.47. The number of rotatable bonds is 1. The molecule has 0 radical (unpaired) electrons. The number of allylic oxidation sites excluding steroid dienone is 2. The molecule has 0 aliphatic heterocycles. The van der Waals surface area contributed by atoms with Crippen molar-refractivity contribution in [1.82, 2.24) is 0 Å². The molecule has 0 N–H and O–H groups in total. The van der Waals surface area contributed by atoms with Gasteiger partial charge in [-0.25, -0.2) is 0 Å². The maximum Gasteiger partial charge on any atom is 0.00179 e. The lowest BCUT2D eigenvalue weighted by molar-refractivity contribution is 0.665. The van der Waals surface area contributed by atoms with Gasteiger partial charge in [-0.3, -0.25) is 0 Å². The van der Waals surface area contributed by atoms with Gasteiger partial charge in [0.15, 0.2) is 0 Å². The van der Waals surface area contributed by atoms with Crippen LogP contribution in [0.3, 0.4) is 0 Å². The van der Waals surface area contributed by atoms with Gasteiger partial charge >= 0.3 is 0 Å². The van der Waals surface area contributed by atoms with Crippen LogP contribution in [0.1, 0.15) is 37.2 Å². The summed E-state index contributed by atoms with van der Waals surface area (Å²) in [5, 5.41) is 0. The first kappa shape index (κ1) is 8.55. The summed E-state index contributed by atoms with van der Waals surface area (Å²) in [5.74, 6) is 0.670. The second-order valence-electron chi connectivity index (χ2n) is 3.73. The van der Waals surface area contributed by atoms with Crippen molar-refractivity contribution in [2.24, 2.45) is 0 Å². The van der Waals surface area contributed by atoms with Gasteiger partial charge in [0.1, 0.15) is 0 Å². The van der Waals surface area contributed by atoms with E-state index in [1.165, 1.54) is 31.2 Å². The number of benzene rings is 1. The highest BCUT2D eigenvalue weighted by Crippen LogP contribution is 2.26. The van der Waals surface area contributed by atoms with E-state index in [2.05, 4.69) is 42.5 Å². The average Bonchev–Trinajstić information content (AvgIpc) is 2.47. The molecule has 1 aliphatic rings. The van der Waals surface area contributed by atoms with Crippen molar-refractivity contribution in [2.75, 3.05) is 0 Å². The predicted molar refractivity (Wildman–Crippen MR) is 56.8 cm³/mol. The lowest BCUT2D eigenvalue weighted by Gasteiger charge is -2.10. The molecule has 0 nitrogen and oxygen atoms in total. The smallest absolute Gasteiger partial charge is 0.00179 e. The molecule has 0 saturated carbocycles. The lowest BCUT2D eigenvalue weighted by atomic mass is 9.95. The molecule has 0 saturated heterocycles. The van der Waals surface area contributed by atoms with Gasteiger partial charge in [0.25, 0.3) is 0 Å². The third kappa shape index (κ3) is 2.21. The fourth-order valence-electron chi connectivity index (χ4n) is 1.96. The van der Waals surface area contributed by atoms with Gasteiger partial charge < -0.3 is 0 Å². The Morgan fingerprint density at radius 1 is 1.00 bits per heavy atom. The van der Waals surface area contributed by atoms with E-state index in [0.717, 1.165) is 0 Å². The van der Waals surface area contributed by atoms with Gasteiger partial charge in [-0.2, -0.15) is 0 Å². The van der Waals surface area contributed by atoms with E-state index in [1.807, 2.05) is 0 Å². The quantitative estimate of drug-likeness (QED) is 0.563. The summed E-state index contributed by atoms with van der Waals surface area (Å²) in [6.45, 7) is 0. The molecule has 0 heterocycles. The van der Waals surface area contributed by atoms with Crippen molar-refractivity contribution in [3.05, 3.63) is 48.0 Å². The lowest BCUT2D eigenvalue weighted by Crippen LogP contribution is -1.92. The van der Waals surface area contributed by atoms with E-state index in [-0.39, 0.29) is 0 Å². The molecule has 1 atom stereocenters. The molecule has 0 heteroatoms. The van der Waals surface area contributed by atoms with Crippen molar-refractivity contribution < 1.29 is 0 Å². The summed E-state index contributed by atoms with van der Waals surface area (Å²) in [7, 11) is 0. The molecule has 0 aromatic heterocycles. The van der Waals surface area contributed by atoms with Crippen LogP contribution in [-0.4, -0.2) is 0 Å². The Bertz CT molecular complexity index is 271. The summed E-state index contributed by atoms with van der Waals surface area (Å²) in [6.07, 6.45) is 10.0.